The number of rotatable bonds is 8. The van der Waals surface area contributed by atoms with Crippen molar-refractivity contribution in [3.8, 4) is 5.75 Å². The molecule has 0 saturated heterocycles. The molecule has 0 aliphatic heterocycles. The molecule has 0 bridgehead atoms. The fourth-order valence-electron chi connectivity index (χ4n) is 2.94. The van der Waals surface area contributed by atoms with Gasteiger partial charge in [-0.3, -0.25) is 13.9 Å². The van der Waals surface area contributed by atoms with Crippen LogP contribution in [0.25, 0.3) is 0 Å². The Morgan fingerprint density at radius 1 is 0.929 bits per heavy atom. The summed E-state index contributed by atoms with van der Waals surface area (Å²) in [5.41, 5.74) is 6.66. The van der Waals surface area contributed by atoms with Crippen molar-refractivity contribution in [2.24, 2.45) is 5.73 Å². The minimum atomic E-state index is -0.369. The summed E-state index contributed by atoms with van der Waals surface area (Å²) >= 11 is 0. The van der Waals surface area contributed by atoms with Gasteiger partial charge in [0.25, 0.3) is 5.56 Å². The van der Waals surface area contributed by atoms with Gasteiger partial charge in [-0.2, -0.15) is 0 Å². The zero-order valence-corrected chi connectivity index (χ0v) is 15.8. The highest BCUT2D eigenvalue weighted by molar-refractivity contribution is 5.36. The Labute approximate surface area is 163 Å². The van der Waals surface area contributed by atoms with Crippen LogP contribution in [-0.2, 0) is 13.1 Å². The van der Waals surface area contributed by atoms with E-state index in [4.69, 9.17) is 10.5 Å². The molecule has 0 unspecified atom stereocenters. The molecule has 7 nitrogen and oxygen atoms in total. The third-order valence-corrected chi connectivity index (χ3v) is 4.41. The molecular weight excluding hydrogens is 356 g/mol. The molecule has 0 aliphatic carbocycles. The van der Waals surface area contributed by atoms with E-state index in [0.717, 1.165) is 16.9 Å². The van der Waals surface area contributed by atoms with E-state index in [1.165, 1.54) is 10.6 Å². The maximum absolute atomic E-state index is 13.1. The van der Waals surface area contributed by atoms with Gasteiger partial charge >= 0.3 is 5.69 Å². The monoisotopic (exact) mass is 380 g/mol. The lowest BCUT2D eigenvalue weighted by Crippen LogP contribution is -2.41. The van der Waals surface area contributed by atoms with E-state index in [1.807, 2.05) is 54.6 Å². The summed E-state index contributed by atoms with van der Waals surface area (Å²) in [6.07, 6.45) is 0. The predicted molar refractivity (Wildman–Crippen MR) is 110 cm³/mol. The average molecular weight is 380 g/mol. The third kappa shape index (κ3) is 4.50. The van der Waals surface area contributed by atoms with Gasteiger partial charge < -0.3 is 15.8 Å². The van der Waals surface area contributed by atoms with Gasteiger partial charge in [-0.25, -0.2) is 4.79 Å². The molecule has 0 atom stereocenters. The molecule has 0 aliphatic rings. The molecule has 1 heterocycles. The molecule has 1 aromatic heterocycles. The molecule has 3 N–H and O–H groups in total. The first-order valence-electron chi connectivity index (χ1n) is 9.08. The molecule has 0 amide bonds. The maximum Gasteiger partial charge on any atom is 0.333 e. The molecule has 0 saturated carbocycles. The number of methoxy groups -OCH3 is 1. The highest BCUT2D eigenvalue weighted by Crippen LogP contribution is 2.13. The second kappa shape index (κ2) is 9.05. The topological polar surface area (TPSA) is 91.3 Å². The molecule has 0 fully saturated rings. The minimum Gasteiger partial charge on any atom is -0.497 e. The second-order valence-electron chi connectivity index (χ2n) is 6.37. The first-order valence-corrected chi connectivity index (χ1v) is 9.08. The Balaban J connectivity index is 2.02. The van der Waals surface area contributed by atoms with Crippen molar-refractivity contribution in [1.29, 1.82) is 0 Å². The molecule has 28 heavy (non-hydrogen) atoms. The van der Waals surface area contributed by atoms with E-state index in [1.54, 1.807) is 11.7 Å². The fraction of sp³-hybridized carbons (Fsp3) is 0.238. The fourth-order valence-corrected chi connectivity index (χ4v) is 2.94. The van der Waals surface area contributed by atoms with E-state index in [0.29, 0.717) is 25.5 Å². The average Bonchev–Trinajstić information content (AvgIpc) is 2.73. The minimum absolute atomic E-state index is 0.221. The smallest absolute Gasteiger partial charge is 0.333 e. The van der Waals surface area contributed by atoms with Gasteiger partial charge in [0.1, 0.15) is 11.6 Å². The van der Waals surface area contributed by atoms with Crippen LogP contribution in [0.3, 0.4) is 0 Å². The molecule has 146 valence electrons. The Hall–Kier alpha value is -3.32. The third-order valence-electron chi connectivity index (χ3n) is 4.41. The van der Waals surface area contributed by atoms with Crippen LogP contribution in [0.1, 0.15) is 11.1 Å². The zero-order valence-electron chi connectivity index (χ0n) is 15.8. The highest BCUT2D eigenvalue weighted by Gasteiger charge is 2.12. The molecule has 3 aromatic rings. The lowest BCUT2D eigenvalue weighted by atomic mass is 10.2. The number of benzene rings is 2. The summed E-state index contributed by atoms with van der Waals surface area (Å²) in [7, 11) is 1.60. The van der Waals surface area contributed by atoms with Gasteiger partial charge in [-0.15, -0.1) is 0 Å². The largest absolute Gasteiger partial charge is 0.497 e. The quantitative estimate of drug-likeness (QED) is 0.618. The van der Waals surface area contributed by atoms with Crippen LogP contribution in [0.2, 0.25) is 0 Å². The highest BCUT2D eigenvalue weighted by atomic mass is 16.5. The normalized spacial score (nSPS) is 10.6. The maximum atomic E-state index is 13.1. The number of aromatic nitrogens is 2. The van der Waals surface area contributed by atoms with Crippen molar-refractivity contribution >= 4 is 5.82 Å². The number of ether oxygens (including phenoxy) is 1. The van der Waals surface area contributed by atoms with Crippen LogP contribution < -0.4 is 27.0 Å². The molecular formula is C21H24N4O3. The SMILES string of the molecule is COc1ccc(Cn2c(NCCN)cc(=O)n(Cc3ccccc3)c2=O)cc1. The molecule has 2 aromatic carbocycles. The summed E-state index contributed by atoms with van der Waals surface area (Å²) in [5.74, 6) is 1.20. The van der Waals surface area contributed by atoms with Crippen molar-refractivity contribution in [3.63, 3.8) is 0 Å². The molecule has 0 radical (unpaired) electrons. The summed E-state index contributed by atoms with van der Waals surface area (Å²) < 4.78 is 7.98. The number of nitrogens with zero attached hydrogens (tertiary/aromatic N) is 2. The zero-order chi connectivity index (χ0) is 19.9. The van der Waals surface area contributed by atoms with Gasteiger partial charge in [-0.05, 0) is 23.3 Å². The van der Waals surface area contributed by atoms with Crippen LogP contribution >= 0.6 is 0 Å². The van der Waals surface area contributed by atoms with E-state index in [-0.39, 0.29) is 17.8 Å². The van der Waals surface area contributed by atoms with Gasteiger partial charge in [-0.1, -0.05) is 42.5 Å². The summed E-state index contributed by atoms with van der Waals surface area (Å²) in [6, 6.07) is 18.4. The Bertz CT molecular complexity index is 1020. The van der Waals surface area contributed by atoms with Crippen molar-refractivity contribution < 1.29 is 4.74 Å². The van der Waals surface area contributed by atoms with E-state index in [9.17, 15) is 9.59 Å². The van der Waals surface area contributed by atoms with E-state index in [2.05, 4.69) is 5.32 Å². The number of nitrogens with one attached hydrogen (secondary N) is 1. The Morgan fingerprint density at radius 2 is 1.57 bits per heavy atom. The van der Waals surface area contributed by atoms with Crippen molar-refractivity contribution in [2.75, 3.05) is 25.5 Å². The van der Waals surface area contributed by atoms with Gasteiger partial charge in [0, 0.05) is 19.2 Å². The van der Waals surface area contributed by atoms with Gasteiger partial charge in [0.05, 0.1) is 20.2 Å². The molecule has 7 heteroatoms. The van der Waals surface area contributed by atoms with E-state index >= 15 is 0 Å². The standard InChI is InChI=1S/C21H24N4O3/c1-28-18-9-7-17(8-10-18)14-24-19(23-12-11-22)13-20(26)25(21(24)27)15-16-5-3-2-4-6-16/h2-10,13,23H,11-12,14-15,22H2,1H3. The first-order chi connectivity index (χ1) is 13.6. The van der Waals surface area contributed by atoms with Crippen LogP contribution in [0, 0.1) is 0 Å². The summed E-state index contributed by atoms with van der Waals surface area (Å²) in [5, 5.41) is 3.08. The van der Waals surface area contributed by atoms with Crippen molar-refractivity contribution in [2.45, 2.75) is 13.1 Å². The van der Waals surface area contributed by atoms with Gasteiger partial charge in [0.15, 0.2) is 0 Å². The van der Waals surface area contributed by atoms with Crippen molar-refractivity contribution in [1.82, 2.24) is 9.13 Å². The van der Waals surface area contributed by atoms with Crippen molar-refractivity contribution in [3.05, 3.63) is 92.6 Å². The lowest BCUT2D eigenvalue weighted by Gasteiger charge is -2.17. The number of nitrogens with two attached hydrogens (primary N) is 1. The summed E-state index contributed by atoms with van der Waals surface area (Å²) in [6.45, 7) is 1.40. The number of hydrogen-bond acceptors (Lipinski definition) is 5. The van der Waals surface area contributed by atoms with Crippen LogP contribution in [0.4, 0.5) is 5.82 Å². The van der Waals surface area contributed by atoms with Crippen LogP contribution in [0.5, 0.6) is 5.75 Å². The first kappa shape index (κ1) is 19.4. The number of hydrogen-bond donors (Lipinski definition) is 2. The van der Waals surface area contributed by atoms with E-state index < -0.39 is 0 Å². The number of anilines is 1. The van der Waals surface area contributed by atoms with Crippen LogP contribution in [-0.4, -0.2) is 29.3 Å². The van der Waals surface area contributed by atoms with Gasteiger partial charge in [0.2, 0.25) is 0 Å². The lowest BCUT2D eigenvalue weighted by molar-refractivity contribution is 0.414. The van der Waals surface area contributed by atoms with Crippen LogP contribution in [0.15, 0.2) is 70.3 Å². The predicted octanol–water partition coefficient (Wildman–Crippen LogP) is 1.49. The molecule has 3 rings (SSSR count). The Morgan fingerprint density at radius 3 is 2.21 bits per heavy atom. The second-order valence-corrected chi connectivity index (χ2v) is 6.37. The summed E-state index contributed by atoms with van der Waals surface area (Å²) in [4.78, 5) is 25.7. The molecule has 0 spiro atoms. The Kier molecular flexibility index (Phi) is 6.29.